The van der Waals surface area contributed by atoms with E-state index < -0.39 is 0 Å². The van der Waals surface area contributed by atoms with E-state index in [2.05, 4.69) is 26.7 Å². The van der Waals surface area contributed by atoms with Crippen LogP contribution in [0.1, 0.15) is 11.3 Å². The molecule has 6 nitrogen and oxygen atoms in total. The van der Waals surface area contributed by atoms with Crippen LogP contribution in [0.3, 0.4) is 0 Å². The number of hydrogen-bond donors (Lipinski definition) is 2. The third kappa shape index (κ3) is 6.70. The molecular formula is C19H28IN5O. The molecule has 0 spiro atoms. The predicted octanol–water partition coefficient (Wildman–Crippen LogP) is 2.68. The topological polar surface area (TPSA) is 61.8 Å². The second-order valence-corrected chi connectivity index (χ2v) is 5.80. The van der Waals surface area contributed by atoms with Gasteiger partial charge < -0.3 is 20.3 Å². The van der Waals surface area contributed by atoms with Crippen LogP contribution >= 0.6 is 24.0 Å². The summed E-state index contributed by atoms with van der Waals surface area (Å²) in [6, 6.07) is 14.1. The van der Waals surface area contributed by atoms with Gasteiger partial charge >= 0.3 is 0 Å². The van der Waals surface area contributed by atoms with Crippen LogP contribution in [0.4, 0.5) is 5.82 Å². The van der Waals surface area contributed by atoms with E-state index >= 15 is 0 Å². The molecule has 0 aliphatic heterocycles. The van der Waals surface area contributed by atoms with Gasteiger partial charge in [0.2, 0.25) is 0 Å². The van der Waals surface area contributed by atoms with Crippen molar-refractivity contribution in [2.45, 2.75) is 13.0 Å². The lowest BCUT2D eigenvalue weighted by molar-refractivity contribution is 0.409. The normalized spacial score (nSPS) is 10.7. The zero-order valence-corrected chi connectivity index (χ0v) is 18.2. The fourth-order valence-corrected chi connectivity index (χ4v) is 2.43. The molecule has 0 radical (unpaired) electrons. The van der Waals surface area contributed by atoms with Crippen molar-refractivity contribution in [1.82, 2.24) is 15.6 Å². The van der Waals surface area contributed by atoms with Crippen molar-refractivity contribution in [1.29, 1.82) is 0 Å². The van der Waals surface area contributed by atoms with E-state index in [9.17, 15) is 0 Å². The Morgan fingerprint density at radius 2 is 1.88 bits per heavy atom. The Morgan fingerprint density at radius 1 is 1.12 bits per heavy atom. The zero-order chi connectivity index (χ0) is 18.1. The van der Waals surface area contributed by atoms with Crippen LogP contribution in [0, 0.1) is 0 Å². The molecular weight excluding hydrogens is 441 g/mol. The highest BCUT2D eigenvalue weighted by atomic mass is 127. The molecule has 0 aliphatic rings. The van der Waals surface area contributed by atoms with Crippen molar-refractivity contribution in [3.8, 4) is 5.75 Å². The number of aliphatic imine (C=N–C) groups is 1. The van der Waals surface area contributed by atoms with Crippen LogP contribution in [0.25, 0.3) is 0 Å². The summed E-state index contributed by atoms with van der Waals surface area (Å²) in [6.45, 7) is 1.39. The number of nitrogens with one attached hydrogen (secondary N) is 2. The van der Waals surface area contributed by atoms with Crippen LogP contribution in [0.5, 0.6) is 5.75 Å². The van der Waals surface area contributed by atoms with E-state index in [1.165, 1.54) is 5.56 Å². The molecule has 1 heterocycles. The predicted molar refractivity (Wildman–Crippen MR) is 119 cm³/mol. The highest BCUT2D eigenvalue weighted by molar-refractivity contribution is 14.0. The first-order valence-electron chi connectivity index (χ1n) is 8.33. The van der Waals surface area contributed by atoms with Crippen molar-refractivity contribution in [2.75, 3.05) is 39.7 Å². The van der Waals surface area contributed by atoms with Crippen molar-refractivity contribution in [3.05, 3.63) is 53.7 Å². The standard InChI is InChI=1S/C19H27N5O.HI/c1-20-19(21-13-12-15-8-5-6-10-17(15)25-4)22-14-16-9-7-11-18(23-16)24(2)3;/h5-11H,12-14H2,1-4H3,(H2,20,21,22);1H. The van der Waals surface area contributed by atoms with Gasteiger partial charge in [-0.05, 0) is 30.2 Å². The summed E-state index contributed by atoms with van der Waals surface area (Å²) in [5, 5.41) is 6.62. The van der Waals surface area contributed by atoms with Gasteiger partial charge in [0.05, 0.1) is 19.3 Å². The van der Waals surface area contributed by atoms with Crippen LogP contribution in [0.15, 0.2) is 47.5 Å². The lowest BCUT2D eigenvalue weighted by atomic mass is 10.1. The molecule has 26 heavy (non-hydrogen) atoms. The maximum absolute atomic E-state index is 5.38. The number of halogens is 1. The Kier molecular flexibility index (Phi) is 9.79. The van der Waals surface area contributed by atoms with Gasteiger partial charge in [-0.1, -0.05) is 24.3 Å². The monoisotopic (exact) mass is 469 g/mol. The summed E-state index contributed by atoms with van der Waals surface area (Å²) < 4.78 is 5.38. The average Bonchev–Trinajstić information content (AvgIpc) is 2.65. The molecule has 0 atom stereocenters. The zero-order valence-electron chi connectivity index (χ0n) is 15.8. The Labute approximate surface area is 173 Å². The van der Waals surface area contributed by atoms with Crippen LogP contribution < -0.4 is 20.3 Å². The van der Waals surface area contributed by atoms with Gasteiger partial charge in [-0.15, -0.1) is 24.0 Å². The van der Waals surface area contributed by atoms with Crippen LogP contribution in [-0.2, 0) is 13.0 Å². The van der Waals surface area contributed by atoms with Crippen molar-refractivity contribution >= 4 is 35.8 Å². The quantitative estimate of drug-likeness (QED) is 0.371. The van der Waals surface area contributed by atoms with Gasteiger partial charge in [-0.25, -0.2) is 4.98 Å². The van der Waals surface area contributed by atoms with E-state index in [0.717, 1.165) is 36.2 Å². The number of aromatic nitrogens is 1. The van der Waals surface area contributed by atoms with Gasteiger partial charge in [0.25, 0.3) is 0 Å². The molecule has 2 rings (SSSR count). The van der Waals surface area contributed by atoms with E-state index in [1.807, 2.05) is 55.4 Å². The summed E-state index contributed by atoms with van der Waals surface area (Å²) in [7, 11) is 7.43. The minimum atomic E-state index is 0. The Morgan fingerprint density at radius 3 is 2.58 bits per heavy atom. The molecule has 0 bridgehead atoms. The lowest BCUT2D eigenvalue weighted by Crippen LogP contribution is -2.38. The van der Waals surface area contributed by atoms with Crippen LogP contribution in [0.2, 0.25) is 0 Å². The molecule has 0 unspecified atom stereocenters. The molecule has 0 amide bonds. The summed E-state index contributed by atoms with van der Waals surface area (Å²) in [5.41, 5.74) is 2.15. The minimum Gasteiger partial charge on any atom is -0.496 e. The van der Waals surface area contributed by atoms with E-state index in [1.54, 1.807) is 14.2 Å². The first-order chi connectivity index (χ1) is 12.1. The second kappa shape index (κ2) is 11.6. The first-order valence-corrected chi connectivity index (χ1v) is 8.33. The molecule has 0 saturated heterocycles. The average molecular weight is 469 g/mol. The van der Waals surface area contributed by atoms with E-state index in [4.69, 9.17) is 4.74 Å². The molecule has 2 N–H and O–H groups in total. The number of pyridine rings is 1. The summed E-state index contributed by atoms with van der Waals surface area (Å²) in [5.74, 6) is 2.61. The number of ether oxygens (including phenoxy) is 1. The van der Waals surface area contributed by atoms with Gasteiger partial charge in [0, 0.05) is 27.7 Å². The lowest BCUT2D eigenvalue weighted by Gasteiger charge is -2.14. The molecule has 2 aromatic rings. The first kappa shape index (κ1) is 22.0. The summed E-state index contributed by atoms with van der Waals surface area (Å²) in [4.78, 5) is 10.8. The fourth-order valence-electron chi connectivity index (χ4n) is 2.43. The highest BCUT2D eigenvalue weighted by Crippen LogP contribution is 2.17. The second-order valence-electron chi connectivity index (χ2n) is 5.80. The molecule has 1 aromatic carbocycles. The van der Waals surface area contributed by atoms with Crippen molar-refractivity contribution in [2.24, 2.45) is 4.99 Å². The summed E-state index contributed by atoms with van der Waals surface area (Å²) >= 11 is 0. The number of nitrogens with zero attached hydrogens (tertiary/aromatic N) is 3. The number of rotatable bonds is 7. The molecule has 0 saturated carbocycles. The fraction of sp³-hybridized carbons (Fsp3) is 0.368. The molecule has 1 aromatic heterocycles. The number of guanidine groups is 1. The maximum atomic E-state index is 5.38. The third-order valence-electron chi connectivity index (χ3n) is 3.79. The van der Waals surface area contributed by atoms with Gasteiger partial charge in [-0.3, -0.25) is 4.99 Å². The van der Waals surface area contributed by atoms with Gasteiger partial charge in [0.15, 0.2) is 5.96 Å². The Hall–Kier alpha value is -2.03. The van der Waals surface area contributed by atoms with E-state index in [0.29, 0.717) is 6.54 Å². The number of anilines is 1. The summed E-state index contributed by atoms with van der Waals surface area (Å²) in [6.07, 6.45) is 0.860. The Balaban J connectivity index is 0.00000338. The van der Waals surface area contributed by atoms with Gasteiger partial charge in [0.1, 0.15) is 11.6 Å². The number of para-hydroxylation sites is 1. The molecule has 7 heteroatoms. The SMILES string of the molecule is CN=C(NCCc1ccccc1OC)NCc1cccc(N(C)C)n1.I. The van der Waals surface area contributed by atoms with E-state index in [-0.39, 0.29) is 24.0 Å². The third-order valence-corrected chi connectivity index (χ3v) is 3.79. The minimum absolute atomic E-state index is 0. The largest absolute Gasteiger partial charge is 0.496 e. The highest BCUT2D eigenvalue weighted by Gasteiger charge is 2.04. The van der Waals surface area contributed by atoms with Crippen LogP contribution in [-0.4, -0.2) is 45.7 Å². The van der Waals surface area contributed by atoms with Gasteiger partial charge in [-0.2, -0.15) is 0 Å². The smallest absolute Gasteiger partial charge is 0.191 e. The maximum Gasteiger partial charge on any atom is 0.191 e. The van der Waals surface area contributed by atoms with Crippen molar-refractivity contribution < 1.29 is 4.74 Å². The number of hydrogen-bond acceptors (Lipinski definition) is 4. The number of methoxy groups -OCH3 is 1. The Bertz CT molecular complexity index is 706. The molecule has 0 fully saturated rings. The molecule has 142 valence electrons. The molecule has 0 aliphatic carbocycles. The van der Waals surface area contributed by atoms with Crippen molar-refractivity contribution in [3.63, 3.8) is 0 Å². The number of benzene rings is 1.